The number of carboxylic acid groups (broad SMARTS) is 1. The van der Waals surface area contributed by atoms with Gasteiger partial charge in [0.15, 0.2) is 0 Å². The van der Waals surface area contributed by atoms with Crippen molar-refractivity contribution in [1.29, 1.82) is 0 Å². The van der Waals surface area contributed by atoms with Gasteiger partial charge in [-0.05, 0) is 23.1 Å². The van der Waals surface area contributed by atoms with Crippen molar-refractivity contribution in [2.24, 2.45) is 5.92 Å². The molecule has 1 unspecified atom stereocenters. The van der Waals surface area contributed by atoms with Crippen LogP contribution in [0, 0.1) is 5.92 Å². The summed E-state index contributed by atoms with van der Waals surface area (Å²) >= 11 is 0. The van der Waals surface area contributed by atoms with Crippen LogP contribution >= 0.6 is 0 Å². The first-order chi connectivity index (χ1) is 11.1. The molecular formula is C19H19NO3. The number of carbonyl (C=O) groups is 2. The molecule has 0 radical (unpaired) electrons. The molecule has 1 aliphatic rings. The quantitative estimate of drug-likeness (QED) is 0.924. The standard InChI is InChI=1S/C19H19NO3/c21-18-12-17(19(22)23)13-20(18)11-10-14-6-8-16(9-7-14)15-4-2-1-3-5-15/h1-9,17H,10-13H2,(H,22,23). The Kier molecular flexibility index (Phi) is 4.42. The van der Waals surface area contributed by atoms with Crippen LogP contribution in [-0.4, -0.2) is 35.0 Å². The van der Waals surface area contributed by atoms with Crippen LogP contribution in [0.5, 0.6) is 0 Å². The van der Waals surface area contributed by atoms with Crippen LogP contribution in [0.25, 0.3) is 11.1 Å². The monoisotopic (exact) mass is 309 g/mol. The highest BCUT2D eigenvalue weighted by atomic mass is 16.4. The van der Waals surface area contributed by atoms with Crippen molar-refractivity contribution in [3.63, 3.8) is 0 Å². The minimum Gasteiger partial charge on any atom is -0.481 e. The molecule has 0 aliphatic carbocycles. The number of likely N-dealkylation sites (tertiary alicyclic amines) is 1. The van der Waals surface area contributed by atoms with Gasteiger partial charge in [0.05, 0.1) is 5.92 Å². The Morgan fingerprint density at radius 2 is 1.70 bits per heavy atom. The number of amides is 1. The third-order valence-corrected chi connectivity index (χ3v) is 4.30. The number of carboxylic acids is 1. The number of rotatable bonds is 5. The molecule has 0 spiro atoms. The number of hydrogen-bond acceptors (Lipinski definition) is 2. The van der Waals surface area contributed by atoms with E-state index >= 15 is 0 Å². The van der Waals surface area contributed by atoms with E-state index < -0.39 is 11.9 Å². The zero-order valence-corrected chi connectivity index (χ0v) is 12.8. The summed E-state index contributed by atoms with van der Waals surface area (Å²) in [6.45, 7) is 0.906. The van der Waals surface area contributed by atoms with Crippen LogP contribution in [0.15, 0.2) is 54.6 Å². The Labute approximate surface area is 135 Å². The molecule has 1 amide bonds. The lowest BCUT2D eigenvalue weighted by Crippen LogP contribution is -2.28. The first-order valence-corrected chi connectivity index (χ1v) is 7.78. The lowest BCUT2D eigenvalue weighted by Gasteiger charge is -2.16. The van der Waals surface area contributed by atoms with E-state index in [1.54, 1.807) is 4.90 Å². The number of hydrogen-bond donors (Lipinski definition) is 1. The average molecular weight is 309 g/mol. The summed E-state index contributed by atoms with van der Waals surface area (Å²) < 4.78 is 0. The number of nitrogens with zero attached hydrogens (tertiary/aromatic N) is 1. The maximum atomic E-state index is 11.8. The van der Waals surface area contributed by atoms with Gasteiger partial charge in [-0.25, -0.2) is 0 Å². The van der Waals surface area contributed by atoms with Gasteiger partial charge in [-0.1, -0.05) is 54.6 Å². The second-order valence-corrected chi connectivity index (χ2v) is 5.89. The second kappa shape index (κ2) is 6.65. The molecule has 1 atom stereocenters. The zero-order valence-electron chi connectivity index (χ0n) is 12.8. The molecule has 1 heterocycles. The third kappa shape index (κ3) is 3.59. The Morgan fingerprint density at radius 3 is 2.30 bits per heavy atom. The lowest BCUT2D eigenvalue weighted by atomic mass is 10.0. The smallest absolute Gasteiger partial charge is 0.308 e. The maximum Gasteiger partial charge on any atom is 0.308 e. The molecule has 1 aliphatic heterocycles. The van der Waals surface area contributed by atoms with Crippen molar-refractivity contribution in [3.05, 3.63) is 60.2 Å². The first kappa shape index (κ1) is 15.3. The van der Waals surface area contributed by atoms with Crippen LogP contribution in [0.2, 0.25) is 0 Å². The molecule has 118 valence electrons. The molecule has 0 saturated carbocycles. The van der Waals surface area contributed by atoms with Gasteiger partial charge in [-0.3, -0.25) is 9.59 Å². The summed E-state index contributed by atoms with van der Waals surface area (Å²) in [6.07, 6.45) is 0.870. The van der Waals surface area contributed by atoms with Crippen molar-refractivity contribution < 1.29 is 14.7 Å². The minimum atomic E-state index is -0.881. The highest BCUT2D eigenvalue weighted by molar-refractivity contribution is 5.86. The van der Waals surface area contributed by atoms with Gasteiger partial charge in [-0.15, -0.1) is 0 Å². The van der Waals surface area contributed by atoms with Gasteiger partial charge < -0.3 is 10.0 Å². The van der Waals surface area contributed by atoms with E-state index in [4.69, 9.17) is 5.11 Å². The molecule has 2 aromatic carbocycles. The molecule has 1 fully saturated rings. The SMILES string of the molecule is O=C(O)C1CC(=O)N(CCc2ccc(-c3ccccc3)cc2)C1. The maximum absolute atomic E-state index is 11.8. The van der Waals surface area contributed by atoms with E-state index in [0.717, 1.165) is 17.5 Å². The van der Waals surface area contributed by atoms with E-state index in [1.807, 2.05) is 18.2 Å². The molecular weight excluding hydrogens is 290 g/mol. The number of aliphatic carboxylic acids is 1. The van der Waals surface area contributed by atoms with Gasteiger partial charge in [0.25, 0.3) is 0 Å². The molecule has 1 N–H and O–H groups in total. The average Bonchev–Trinajstić information content (AvgIpc) is 2.96. The molecule has 1 saturated heterocycles. The highest BCUT2D eigenvalue weighted by Gasteiger charge is 2.33. The fraction of sp³-hybridized carbons (Fsp3) is 0.263. The van der Waals surface area contributed by atoms with Gasteiger partial charge >= 0.3 is 5.97 Å². The van der Waals surface area contributed by atoms with Crippen LogP contribution < -0.4 is 0 Å². The van der Waals surface area contributed by atoms with Crippen LogP contribution in [0.3, 0.4) is 0 Å². The largest absolute Gasteiger partial charge is 0.481 e. The van der Waals surface area contributed by atoms with Gasteiger partial charge in [0.2, 0.25) is 5.91 Å². The topological polar surface area (TPSA) is 57.6 Å². The minimum absolute atomic E-state index is 0.0571. The second-order valence-electron chi connectivity index (χ2n) is 5.89. The summed E-state index contributed by atoms with van der Waals surface area (Å²) in [5.74, 6) is -1.49. The molecule has 0 bridgehead atoms. The fourth-order valence-electron chi connectivity index (χ4n) is 2.91. The predicted molar refractivity (Wildman–Crippen MR) is 87.9 cm³/mol. The van der Waals surface area contributed by atoms with Crippen molar-refractivity contribution in [2.75, 3.05) is 13.1 Å². The highest BCUT2D eigenvalue weighted by Crippen LogP contribution is 2.21. The third-order valence-electron chi connectivity index (χ3n) is 4.30. The molecule has 3 rings (SSSR count). The summed E-state index contributed by atoms with van der Waals surface area (Å²) in [5.41, 5.74) is 3.49. The Bertz CT molecular complexity index is 694. The molecule has 4 heteroatoms. The van der Waals surface area contributed by atoms with Crippen LogP contribution in [-0.2, 0) is 16.0 Å². The fourth-order valence-corrected chi connectivity index (χ4v) is 2.91. The molecule has 2 aromatic rings. The van der Waals surface area contributed by atoms with Crippen molar-refractivity contribution in [3.8, 4) is 11.1 Å². The van der Waals surface area contributed by atoms with E-state index in [2.05, 4.69) is 36.4 Å². The lowest BCUT2D eigenvalue weighted by molar-refractivity contribution is -0.141. The van der Waals surface area contributed by atoms with Crippen LogP contribution in [0.1, 0.15) is 12.0 Å². The Hall–Kier alpha value is -2.62. The van der Waals surface area contributed by atoms with E-state index in [1.165, 1.54) is 5.56 Å². The van der Waals surface area contributed by atoms with Gasteiger partial charge in [0.1, 0.15) is 0 Å². The number of benzene rings is 2. The molecule has 4 nitrogen and oxygen atoms in total. The summed E-state index contributed by atoms with van der Waals surface area (Å²) in [6, 6.07) is 18.5. The van der Waals surface area contributed by atoms with Gasteiger partial charge in [-0.2, -0.15) is 0 Å². The van der Waals surface area contributed by atoms with Crippen molar-refractivity contribution in [2.45, 2.75) is 12.8 Å². The molecule has 23 heavy (non-hydrogen) atoms. The number of carbonyl (C=O) groups excluding carboxylic acids is 1. The first-order valence-electron chi connectivity index (χ1n) is 7.78. The summed E-state index contributed by atoms with van der Waals surface area (Å²) in [4.78, 5) is 24.4. The Morgan fingerprint density at radius 1 is 1.04 bits per heavy atom. The van der Waals surface area contributed by atoms with Crippen molar-refractivity contribution in [1.82, 2.24) is 4.90 Å². The van der Waals surface area contributed by atoms with E-state index in [9.17, 15) is 9.59 Å². The predicted octanol–water partition coefficient (Wildman–Crippen LogP) is 2.83. The van der Waals surface area contributed by atoms with E-state index in [0.29, 0.717) is 13.1 Å². The zero-order chi connectivity index (χ0) is 16.2. The molecule has 0 aromatic heterocycles. The van der Waals surface area contributed by atoms with E-state index in [-0.39, 0.29) is 12.3 Å². The van der Waals surface area contributed by atoms with Crippen molar-refractivity contribution >= 4 is 11.9 Å². The summed E-state index contributed by atoms with van der Waals surface area (Å²) in [5, 5.41) is 8.99. The van der Waals surface area contributed by atoms with Crippen LogP contribution in [0.4, 0.5) is 0 Å². The van der Waals surface area contributed by atoms with Gasteiger partial charge in [0, 0.05) is 19.5 Å². The summed E-state index contributed by atoms with van der Waals surface area (Å²) in [7, 11) is 0. The normalized spacial score (nSPS) is 17.5. The Balaban J connectivity index is 1.59.